The standard InChI is InChI=1S/C27H58P.ClH/c1-5-9-12-15-18-21-25-28(24-8-4,26-22-19-16-13-10-6-2)27-23-20-17-14-11-7-3;/h5-27H2,1-4H3;1H/q+1;/p-1. The molecule has 0 aromatic carbocycles. The summed E-state index contributed by atoms with van der Waals surface area (Å²) in [5.74, 6) is 0. The molecule has 0 rings (SSSR count). The smallest absolute Gasteiger partial charge is 0.0594 e. The van der Waals surface area contributed by atoms with Crippen molar-refractivity contribution < 1.29 is 12.4 Å². The van der Waals surface area contributed by atoms with Crippen molar-refractivity contribution in [1.82, 2.24) is 0 Å². The summed E-state index contributed by atoms with van der Waals surface area (Å²) in [7, 11) is -0.663. The third kappa shape index (κ3) is 20.4. The fourth-order valence-corrected chi connectivity index (χ4v) is 9.80. The van der Waals surface area contributed by atoms with Gasteiger partial charge in [-0.15, -0.1) is 0 Å². The molecule has 0 heterocycles. The SMILES string of the molecule is CCCCCCCC[P+](CCC)(CCCCCCCC)CCCCCCCC.[Cl-]. The minimum Gasteiger partial charge on any atom is -1.00 e. The molecule has 178 valence electrons. The highest BCUT2D eigenvalue weighted by molar-refractivity contribution is 7.75. The lowest BCUT2D eigenvalue weighted by Crippen LogP contribution is -3.00. The van der Waals surface area contributed by atoms with E-state index in [2.05, 4.69) is 27.7 Å². The highest BCUT2D eigenvalue weighted by Crippen LogP contribution is 2.61. The van der Waals surface area contributed by atoms with Crippen molar-refractivity contribution in [2.75, 3.05) is 24.6 Å². The molecule has 29 heavy (non-hydrogen) atoms. The Hall–Kier alpha value is 0.720. The second kappa shape index (κ2) is 25.0. The van der Waals surface area contributed by atoms with E-state index >= 15 is 0 Å². The molecule has 0 nitrogen and oxygen atoms in total. The number of halogens is 1. The average Bonchev–Trinajstić information content (AvgIpc) is 2.70. The van der Waals surface area contributed by atoms with Crippen LogP contribution < -0.4 is 12.4 Å². The fraction of sp³-hybridized carbons (Fsp3) is 1.00. The maximum Gasteiger partial charge on any atom is 0.0594 e. The third-order valence-corrected chi connectivity index (χ3v) is 11.8. The molecule has 0 amide bonds. The van der Waals surface area contributed by atoms with Gasteiger partial charge >= 0.3 is 0 Å². The topological polar surface area (TPSA) is 0 Å². The third-order valence-electron chi connectivity index (χ3n) is 6.66. The molecule has 0 saturated heterocycles. The Morgan fingerprint density at radius 2 is 0.586 bits per heavy atom. The Labute approximate surface area is 193 Å². The summed E-state index contributed by atoms with van der Waals surface area (Å²) in [5, 5.41) is 0. The second-order valence-electron chi connectivity index (χ2n) is 9.54. The predicted octanol–water partition coefficient (Wildman–Crippen LogP) is 7.50. The minimum atomic E-state index is -0.663. The zero-order valence-electron chi connectivity index (χ0n) is 21.1. The molecular weight excluding hydrogens is 391 g/mol. The van der Waals surface area contributed by atoms with E-state index in [1.165, 1.54) is 103 Å². The van der Waals surface area contributed by atoms with Gasteiger partial charge in [-0.1, -0.05) is 105 Å². The van der Waals surface area contributed by atoms with Crippen LogP contribution in [0.2, 0.25) is 0 Å². The van der Waals surface area contributed by atoms with Crippen LogP contribution in [0.5, 0.6) is 0 Å². The van der Waals surface area contributed by atoms with E-state index in [0.717, 1.165) is 0 Å². The molecule has 0 saturated carbocycles. The molecule has 0 aliphatic heterocycles. The summed E-state index contributed by atoms with van der Waals surface area (Å²) in [6.45, 7) is 9.45. The van der Waals surface area contributed by atoms with Crippen LogP contribution in [0.3, 0.4) is 0 Å². The van der Waals surface area contributed by atoms with E-state index in [4.69, 9.17) is 0 Å². The first kappa shape index (κ1) is 31.9. The lowest BCUT2D eigenvalue weighted by molar-refractivity contribution is -0.00000646. The number of hydrogen-bond acceptors (Lipinski definition) is 0. The van der Waals surface area contributed by atoms with Crippen molar-refractivity contribution in [2.24, 2.45) is 0 Å². The maximum atomic E-state index is 2.46. The van der Waals surface area contributed by atoms with Gasteiger partial charge in [-0.05, 0) is 44.9 Å². The molecule has 0 bridgehead atoms. The van der Waals surface area contributed by atoms with E-state index in [0.29, 0.717) is 0 Å². The summed E-state index contributed by atoms with van der Waals surface area (Å²) in [5.41, 5.74) is 0. The van der Waals surface area contributed by atoms with Gasteiger partial charge in [0, 0.05) is 7.26 Å². The van der Waals surface area contributed by atoms with Crippen LogP contribution in [0.25, 0.3) is 0 Å². The van der Waals surface area contributed by atoms with E-state index < -0.39 is 7.26 Å². The van der Waals surface area contributed by atoms with Gasteiger partial charge in [-0.3, -0.25) is 0 Å². The molecule has 0 radical (unpaired) electrons. The average molecular weight is 449 g/mol. The predicted molar refractivity (Wildman–Crippen MR) is 137 cm³/mol. The van der Waals surface area contributed by atoms with Crippen LogP contribution in [0.4, 0.5) is 0 Å². The van der Waals surface area contributed by atoms with Crippen molar-refractivity contribution in [2.45, 2.75) is 150 Å². The summed E-state index contributed by atoms with van der Waals surface area (Å²) in [6.07, 6.45) is 34.5. The van der Waals surface area contributed by atoms with Crippen molar-refractivity contribution in [3.05, 3.63) is 0 Å². The van der Waals surface area contributed by atoms with Crippen molar-refractivity contribution in [3.63, 3.8) is 0 Å². The summed E-state index contributed by atoms with van der Waals surface area (Å²) >= 11 is 0. The van der Waals surface area contributed by atoms with Crippen LogP contribution in [-0.4, -0.2) is 24.6 Å². The van der Waals surface area contributed by atoms with Crippen LogP contribution in [0, 0.1) is 0 Å². The molecule has 0 atom stereocenters. The lowest BCUT2D eigenvalue weighted by Gasteiger charge is -2.28. The van der Waals surface area contributed by atoms with Gasteiger partial charge in [0.15, 0.2) is 0 Å². The highest BCUT2D eigenvalue weighted by atomic mass is 35.5. The van der Waals surface area contributed by atoms with Crippen LogP contribution >= 0.6 is 7.26 Å². The van der Waals surface area contributed by atoms with E-state index in [-0.39, 0.29) is 12.4 Å². The molecule has 0 spiro atoms. The first-order valence-corrected chi connectivity index (χ1v) is 16.1. The molecule has 0 aliphatic rings. The Kier molecular flexibility index (Phi) is 27.5. The lowest BCUT2D eigenvalue weighted by atomic mass is 10.1. The first-order chi connectivity index (χ1) is 13.7. The van der Waals surface area contributed by atoms with Crippen LogP contribution in [0.15, 0.2) is 0 Å². The van der Waals surface area contributed by atoms with Gasteiger partial charge in [0.05, 0.1) is 24.6 Å². The van der Waals surface area contributed by atoms with Gasteiger partial charge in [0.2, 0.25) is 0 Å². The van der Waals surface area contributed by atoms with Crippen LogP contribution in [-0.2, 0) is 0 Å². The van der Waals surface area contributed by atoms with Crippen molar-refractivity contribution in [3.8, 4) is 0 Å². The summed E-state index contributed by atoms with van der Waals surface area (Å²) in [4.78, 5) is 0. The van der Waals surface area contributed by atoms with Crippen molar-refractivity contribution in [1.29, 1.82) is 0 Å². The van der Waals surface area contributed by atoms with E-state index in [1.807, 2.05) is 0 Å². The molecule has 0 aliphatic carbocycles. The molecule has 2 heteroatoms. The molecular formula is C27H58ClP. The van der Waals surface area contributed by atoms with E-state index in [1.54, 1.807) is 43.9 Å². The number of rotatable bonds is 23. The largest absolute Gasteiger partial charge is 1.00 e. The molecule has 0 aromatic rings. The first-order valence-electron chi connectivity index (χ1n) is 13.6. The Bertz CT molecular complexity index is 251. The molecule has 0 N–H and O–H groups in total. The summed E-state index contributed by atoms with van der Waals surface area (Å²) < 4.78 is 0. The molecule has 0 fully saturated rings. The van der Waals surface area contributed by atoms with E-state index in [9.17, 15) is 0 Å². The van der Waals surface area contributed by atoms with Crippen LogP contribution in [0.1, 0.15) is 150 Å². The van der Waals surface area contributed by atoms with Gasteiger partial charge in [0.1, 0.15) is 0 Å². The highest BCUT2D eigenvalue weighted by Gasteiger charge is 2.34. The minimum absolute atomic E-state index is 0. The fourth-order valence-electron chi connectivity index (χ4n) is 4.83. The quantitative estimate of drug-likeness (QED) is 0.112. The van der Waals surface area contributed by atoms with Gasteiger partial charge < -0.3 is 12.4 Å². The second-order valence-corrected chi connectivity index (χ2v) is 14.0. The normalized spacial score (nSPS) is 11.6. The number of unbranched alkanes of at least 4 members (excludes halogenated alkanes) is 15. The van der Waals surface area contributed by atoms with Gasteiger partial charge in [-0.25, -0.2) is 0 Å². The zero-order valence-corrected chi connectivity index (χ0v) is 22.7. The Morgan fingerprint density at radius 1 is 0.310 bits per heavy atom. The van der Waals surface area contributed by atoms with Gasteiger partial charge in [0.25, 0.3) is 0 Å². The molecule has 0 unspecified atom stereocenters. The van der Waals surface area contributed by atoms with Gasteiger partial charge in [-0.2, -0.15) is 0 Å². The number of hydrogen-bond donors (Lipinski definition) is 0. The Balaban J connectivity index is 0. The Morgan fingerprint density at radius 3 is 0.862 bits per heavy atom. The maximum absolute atomic E-state index is 2.46. The summed E-state index contributed by atoms with van der Waals surface area (Å²) in [6, 6.07) is 0. The molecule has 0 aromatic heterocycles. The zero-order chi connectivity index (χ0) is 20.8. The monoisotopic (exact) mass is 448 g/mol. The van der Waals surface area contributed by atoms with Crippen molar-refractivity contribution >= 4 is 7.26 Å².